The first kappa shape index (κ1) is 14.1. The van der Waals surface area contributed by atoms with Crippen molar-refractivity contribution in [1.82, 2.24) is 10.2 Å². The van der Waals surface area contributed by atoms with Crippen LogP contribution in [0.4, 0.5) is 0 Å². The number of nitrogens with one attached hydrogen (secondary N) is 1. The summed E-state index contributed by atoms with van der Waals surface area (Å²) in [6.07, 6.45) is 4.37. The fraction of sp³-hybridized carbons (Fsp3) is 0.529. The number of carbonyl (C=O) groups excluding carboxylic acids is 2. The number of hydrogen-bond acceptors (Lipinski definition) is 2. The molecule has 2 fully saturated rings. The first-order valence-electron chi connectivity index (χ1n) is 7.80. The minimum absolute atomic E-state index is 0.0440. The van der Waals surface area contributed by atoms with Crippen molar-refractivity contribution in [3.05, 3.63) is 35.9 Å². The van der Waals surface area contributed by atoms with Crippen molar-refractivity contribution in [1.29, 1.82) is 0 Å². The second kappa shape index (κ2) is 5.88. The van der Waals surface area contributed by atoms with Crippen LogP contribution in [0.15, 0.2) is 30.3 Å². The summed E-state index contributed by atoms with van der Waals surface area (Å²) in [6.45, 7) is 2.37. The molecular formula is C17H22N2O2. The van der Waals surface area contributed by atoms with Crippen molar-refractivity contribution in [2.24, 2.45) is 5.92 Å². The quantitative estimate of drug-likeness (QED) is 0.906. The molecule has 1 saturated carbocycles. The molecule has 1 aliphatic carbocycles. The van der Waals surface area contributed by atoms with Crippen molar-refractivity contribution < 1.29 is 9.59 Å². The summed E-state index contributed by atoms with van der Waals surface area (Å²) in [6, 6.07) is 9.36. The summed E-state index contributed by atoms with van der Waals surface area (Å²) < 4.78 is 0. The summed E-state index contributed by atoms with van der Waals surface area (Å²) in [7, 11) is 0. The number of nitrogens with zero attached hydrogens (tertiary/aromatic N) is 1. The molecular weight excluding hydrogens is 264 g/mol. The Kier molecular flexibility index (Phi) is 3.95. The van der Waals surface area contributed by atoms with E-state index in [1.165, 1.54) is 6.42 Å². The Labute approximate surface area is 125 Å². The average molecular weight is 286 g/mol. The van der Waals surface area contributed by atoms with E-state index in [9.17, 15) is 9.59 Å². The van der Waals surface area contributed by atoms with Gasteiger partial charge in [-0.1, -0.05) is 50.1 Å². The molecule has 2 aliphatic rings. The molecule has 3 rings (SSSR count). The summed E-state index contributed by atoms with van der Waals surface area (Å²) in [5.74, 6) is 0.611. The summed E-state index contributed by atoms with van der Waals surface area (Å²) in [5, 5.41) is 2.73. The van der Waals surface area contributed by atoms with E-state index < -0.39 is 6.04 Å². The average Bonchev–Trinajstić information content (AvgIpc) is 2.50. The molecule has 112 valence electrons. The maximum Gasteiger partial charge on any atom is 0.247 e. The SMILES string of the molecule is CC1CCCC(N2C(=O)CNC(=O)C2c2ccccc2)C1. The predicted molar refractivity (Wildman–Crippen MR) is 80.5 cm³/mol. The van der Waals surface area contributed by atoms with Crippen molar-refractivity contribution in [3.63, 3.8) is 0 Å². The second-order valence-corrected chi connectivity index (χ2v) is 6.26. The third-order valence-electron chi connectivity index (χ3n) is 4.65. The van der Waals surface area contributed by atoms with Gasteiger partial charge in [0.05, 0.1) is 6.54 Å². The Morgan fingerprint density at radius 3 is 2.62 bits per heavy atom. The Morgan fingerprint density at radius 2 is 1.90 bits per heavy atom. The second-order valence-electron chi connectivity index (χ2n) is 6.26. The van der Waals surface area contributed by atoms with Gasteiger partial charge in [-0.25, -0.2) is 0 Å². The van der Waals surface area contributed by atoms with E-state index in [1.807, 2.05) is 35.2 Å². The van der Waals surface area contributed by atoms with Gasteiger partial charge in [-0.05, 0) is 24.3 Å². The lowest BCUT2D eigenvalue weighted by atomic mass is 9.84. The van der Waals surface area contributed by atoms with Gasteiger partial charge in [-0.15, -0.1) is 0 Å². The number of carbonyl (C=O) groups is 2. The van der Waals surface area contributed by atoms with Crippen LogP contribution in [0.5, 0.6) is 0 Å². The molecule has 21 heavy (non-hydrogen) atoms. The Morgan fingerprint density at radius 1 is 1.14 bits per heavy atom. The van der Waals surface area contributed by atoms with Gasteiger partial charge in [0, 0.05) is 6.04 Å². The number of benzene rings is 1. The Hall–Kier alpha value is -1.84. The van der Waals surface area contributed by atoms with Gasteiger partial charge in [0.1, 0.15) is 6.04 Å². The summed E-state index contributed by atoms with van der Waals surface area (Å²) in [4.78, 5) is 26.7. The summed E-state index contributed by atoms with van der Waals surface area (Å²) >= 11 is 0. The van der Waals surface area contributed by atoms with Crippen LogP contribution in [0.2, 0.25) is 0 Å². The lowest BCUT2D eigenvalue weighted by Crippen LogP contribution is -2.57. The van der Waals surface area contributed by atoms with E-state index in [1.54, 1.807) is 0 Å². The molecule has 1 heterocycles. The number of hydrogen-bond donors (Lipinski definition) is 1. The normalized spacial score (nSPS) is 30.1. The van der Waals surface area contributed by atoms with E-state index in [4.69, 9.17) is 0 Å². The zero-order chi connectivity index (χ0) is 14.8. The maximum absolute atomic E-state index is 12.4. The van der Waals surface area contributed by atoms with Gasteiger partial charge in [0.2, 0.25) is 11.8 Å². The van der Waals surface area contributed by atoms with Crippen LogP contribution in [-0.4, -0.2) is 29.3 Å². The lowest BCUT2D eigenvalue weighted by molar-refractivity contribution is -0.149. The topological polar surface area (TPSA) is 49.4 Å². The molecule has 1 aromatic carbocycles. The highest BCUT2D eigenvalue weighted by atomic mass is 16.2. The van der Waals surface area contributed by atoms with E-state index in [0.717, 1.165) is 24.8 Å². The third-order valence-corrected chi connectivity index (χ3v) is 4.65. The van der Waals surface area contributed by atoms with Gasteiger partial charge in [0.25, 0.3) is 0 Å². The van der Waals surface area contributed by atoms with E-state index in [2.05, 4.69) is 12.2 Å². The molecule has 3 atom stereocenters. The number of amides is 2. The lowest BCUT2D eigenvalue weighted by Gasteiger charge is -2.43. The number of piperazine rings is 1. The zero-order valence-corrected chi connectivity index (χ0v) is 12.4. The molecule has 0 spiro atoms. The molecule has 3 unspecified atom stereocenters. The van der Waals surface area contributed by atoms with Gasteiger partial charge in [-0.3, -0.25) is 9.59 Å². The first-order chi connectivity index (χ1) is 10.2. The molecule has 0 bridgehead atoms. The fourth-order valence-electron chi connectivity index (χ4n) is 3.64. The van der Waals surface area contributed by atoms with Crippen LogP contribution < -0.4 is 5.32 Å². The van der Waals surface area contributed by atoms with Crippen LogP contribution in [0.1, 0.15) is 44.2 Å². The van der Waals surface area contributed by atoms with Crippen molar-refractivity contribution >= 4 is 11.8 Å². The summed E-state index contributed by atoms with van der Waals surface area (Å²) in [5.41, 5.74) is 0.904. The Bertz CT molecular complexity index is 529. The molecule has 1 saturated heterocycles. The van der Waals surface area contributed by atoms with Crippen molar-refractivity contribution in [2.75, 3.05) is 6.54 Å². The van der Waals surface area contributed by atoms with Crippen LogP contribution in [0.25, 0.3) is 0 Å². The molecule has 4 heteroatoms. The molecule has 2 amide bonds. The Balaban J connectivity index is 1.92. The van der Waals surface area contributed by atoms with Gasteiger partial charge < -0.3 is 10.2 Å². The van der Waals surface area contributed by atoms with Crippen LogP contribution in [-0.2, 0) is 9.59 Å². The highest BCUT2D eigenvalue weighted by Gasteiger charge is 2.40. The maximum atomic E-state index is 12.4. The minimum atomic E-state index is -0.470. The van der Waals surface area contributed by atoms with Crippen LogP contribution >= 0.6 is 0 Å². The molecule has 4 nitrogen and oxygen atoms in total. The van der Waals surface area contributed by atoms with Gasteiger partial charge >= 0.3 is 0 Å². The van der Waals surface area contributed by atoms with Crippen LogP contribution in [0.3, 0.4) is 0 Å². The molecule has 1 N–H and O–H groups in total. The standard InChI is InChI=1S/C17H22N2O2/c1-12-6-5-9-14(10-12)19-15(20)11-18-17(21)16(19)13-7-3-2-4-8-13/h2-4,7-8,12,14,16H,5-6,9-11H2,1H3,(H,18,21). The predicted octanol–water partition coefficient (Wildman–Crippen LogP) is 2.26. The van der Waals surface area contributed by atoms with E-state index in [0.29, 0.717) is 5.92 Å². The smallest absolute Gasteiger partial charge is 0.247 e. The highest BCUT2D eigenvalue weighted by Crippen LogP contribution is 2.34. The fourth-order valence-corrected chi connectivity index (χ4v) is 3.64. The first-order valence-corrected chi connectivity index (χ1v) is 7.80. The van der Waals surface area contributed by atoms with E-state index in [-0.39, 0.29) is 24.4 Å². The highest BCUT2D eigenvalue weighted by molar-refractivity contribution is 5.95. The van der Waals surface area contributed by atoms with Gasteiger partial charge in [0.15, 0.2) is 0 Å². The van der Waals surface area contributed by atoms with Crippen molar-refractivity contribution in [2.45, 2.75) is 44.7 Å². The minimum Gasteiger partial charge on any atom is -0.345 e. The monoisotopic (exact) mass is 286 g/mol. The van der Waals surface area contributed by atoms with Crippen LogP contribution in [0, 0.1) is 5.92 Å². The van der Waals surface area contributed by atoms with E-state index >= 15 is 0 Å². The van der Waals surface area contributed by atoms with Crippen molar-refractivity contribution in [3.8, 4) is 0 Å². The molecule has 1 aromatic rings. The molecule has 0 aromatic heterocycles. The molecule has 1 aliphatic heterocycles. The van der Waals surface area contributed by atoms with Gasteiger partial charge in [-0.2, -0.15) is 0 Å². The third kappa shape index (κ3) is 2.80. The largest absolute Gasteiger partial charge is 0.345 e. The number of rotatable bonds is 2. The molecule has 0 radical (unpaired) electrons. The zero-order valence-electron chi connectivity index (χ0n) is 12.4.